The number of hydrogen-bond acceptors (Lipinski definition) is 1. The second-order valence-corrected chi connectivity index (χ2v) is 5.06. The van der Waals surface area contributed by atoms with E-state index in [0.717, 1.165) is 12.1 Å². The van der Waals surface area contributed by atoms with E-state index in [4.69, 9.17) is 16.7 Å². The summed E-state index contributed by atoms with van der Waals surface area (Å²) in [5.41, 5.74) is 0.198. The van der Waals surface area contributed by atoms with Crippen molar-refractivity contribution in [2.75, 3.05) is 0 Å². The van der Waals surface area contributed by atoms with Gasteiger partial charge in [0.05, 0.1) is 11.1 Å². The average molecular weight is 318 g/mol. The first-order chi connectivity index (χ1) is 9.61. The molecule has 0 atom stereocenters. The Hall–Kier alpha value is -1.95. The molecule has 0 saturated carbocycles. The van der Waals surface area contributed by atoms with E-state index in [2.05, 4.69) is 0 Å². The van der Waals surface area contributed by atoms with Crippen LogP contribution in [-0.2, 0) is 6.18 Å². The fourth-order valence-electron chi connectivity index (χ4n) is 2.24. The van der Waals surface area contributed by atoms with Crippen molar-refractivity contribution in [3.63, 3.8) is 0 Å². The highest BCUT2D eigenvalue weighted by atomic mass is 35.5. The van der Waals surface area contributed by atoms with Gasteiger partial charge >= 0.3 is 12.1 Å². The molecule has 0 fully saturated rings. The second kappa shape index (κ2) is 5.11. The molecular formula is C14H11ClF3NO2. The third-order valence-corrected chi connectivity index (χ3v) is 3.35. The minimum atomic E-state index is -4.52. The predicted molar refractivity (Wildman–Crippen MR) is 72.2 cm³/mol. The molecule has 21 heavy (non-hydrogen) atoms. The minimum absolute atomic E-state index is 0.0426. The Morgan fingerprint density at radius 1 is 1.19 bits per heavy atom. The van der Waals surface area contributed by atoms with Crippen molar-refractivity contribution in [2.45, 2.75) is 20.0 Å². The Morgan fingerprint density at radius 2 is 1.81 bits per heavy atom. The van der Waals surface area contributed by atoms with Crippen LogP contribution in [0.15, 0.2) is 24.3 Å². The van der Waals surface area contributed by atoms with E-state index in [1.165, 1.54) is 23.6 Å². The Bertz CT molecular complexity index is 720. The van der Waals surface area contributed by atoms with Gasteiger partial charge in [-0.3, -0.25) is 0 Å². The van der Waals surface area contributed by atoms with Crippen molar-refractivity contribution < 1.29 is 23.1 Å². The molecule has 0 bridgehead atoms. The molecule has 2 aromatic rings. The van der Waals surface area contributed by atoms with Crippen LogP contribution in [0, 0.1) is 13.8 Å². The number of hydrogen-bond donors (Lipinski definition) is 1. The number of nitrogens with zero attached hydrogens (tertiary/aromatic N) is 1. The maximum atomic E-state index is 12.8. The van der Waals surface area contributed by atoms with Crippen LogP contribution in [-0.4, -0.2) is 15.6 Å². The zero-order valence-electron chi connectivity index (χ0n) is 11.1. The maximum Gasteiger partial charge on any atom is 0.416 e. The van der Waals surface area contributed by atoms with Gasteiger partial charge in [-0.2, -0.15) is 13.2 Å². The molecule has 1 aromatic carbocycles. The summed E-state index contributed by atoms with van der Waals surface area (Å²) in [5, 5.41) is 9.00. The van der Waals surface area contributed by atoms with Gasteiger partial charge in [0.2, 0.25) is 0 Å². The van der Waals surface area contributed by atoms with Crippen LogP contribution < -0.4 is 0 Å². The fraction of sp³-hybridized carbons (Fsp3) is 0.214. The topological polar surface area (TPSA) is 42.2 Å². The Labute approximate surface area is 123 Å². The molecule has 0 aliphatic heterocycles. The lowest BCUT2D eigenvalue weighted by Crippen LogP contribution is -2.08. The van der Waals surface area contributed by atoms with Gasteiger partial charge in [-0.15, -0.1) is 0 Å². The number of aromatic nitrogens is 1. The SMILES string of the molecule is Cc1cc(C(=O)O)c(C)n1-c1cc(Cl)cc(C(F)(F)F)c1. The van der Waals surface area contributed by atoms with Crippen LogP contribution in [0.5, 0.6) is 0 Å². The van der Waals surface area contributed by atoms with Crippen molar-refractivity contribution in [3.8, 4) is 5.69 Å². The lowest BCUT2D eigenvalue weighted by atomic mass is 10.2. The molecule has 0 radical (unpaired) electrons. The average Bonchev–Trinajstić information content (AvgIpc) is 2.63. The number of rotatable bonds is 2. The molecule has 0 saturated heterocycles. The summed E-state index contributed by atoms with van der Waals surface area (Å²) in [4.78, 5) is 11.1. The quantitative estimate of drug-likeness (QED) is 0.888. The van der Waals surface area contributed by atoms with Crippen molar-refractivity contribution in [1.29, 1.82) is 0 Å². The minimum Gasteiger partial charge on any atom is -0.478 e. The number of aromatic carboxylic acids is 1. The summed E-state index contributed by atoms with van der Waals surface area (Å²) in [6.07, 6.45) is -4.52. The van der Waals surface area contributed by atoms with Crippen molar-refractivity contribution >= 4 is 17.6 Å². The number of alkyl halides is 3. The number of benzene rings is 1. The van der Waals surface area contributed by atoms with Gasteiger partial charge in [-0.25, -0.2) is 4.79 Å². The Balaban J connectivity index is 2.68. The van der Waals surface area contributed by atoms with E-state index in [0.29, 0.717) is 11.4 Å². The lowest BCUT2D eigenvalue weighted by Gasteiger charge is -2.14. The summed E-state index contributed by atoms with van der Waals surface area (Å²) in [7, 11) is 0. The van der Waals surface area contributed by atoms with Gasteiger partial charge in [0.15, 0.2) is 0 Å². The van der Waals surface area contributed by atoms with Crippen molar-refractivity contribution in [2.24, 2.45) is 0 Å². The number of carboxylic acid groups (broad SMARTS) is 1. The molecule has 0 spiro atoms. The fourth-order valence-corrected chi connectivity index (χ4v) is 2.47. The molecule has 112 valence electrons. The highest BCUT2D eigenvalue weighted by Crippen LogP contribution is 2.33. The zero-order chi connectivity index (χ0) is 15.9. The number of carbonyl (C=O) groups is 1. The molecule has 0 aliphatic carbocycles. The summed E-state index contributed by atoms with van der Waals surface area (Å²) >= 11 is 5.75. The van der Waals surface area contributed by atoms with Crippen molar-refractivity contribution in [3.05, 3.63) is 51.8 Å². The maximum absolute atomic E-state index is 12.8. The normalized spacial score (nSPS) is 11.7. The molecule has 2 rings (SSSR count). The third-order valence-electron chi connectivity index (χ3n) is 3.13. The smallest absolute Gasteiger partial charge is 0.416 e. The van der Waals surface area contributed by atoms with Gasteiger partial charge in [-0.05, 0) is 38.1 Å². The highest BCUT2D eigenvalue weighted by molar-refractivity contribution is 6.30. The summed E-state index contributed by atoms with van der Waals surface area (Å²) < 4.78 is 39.9. The van der Waals surface area contributed by atoms with Crippen LogP contribution in [0.25, 0.3) is 5.69 Å². The van der Waals surface area contributed by atoms with Gasteiger partial charge in [-0.1, -0.05) is 11.6 Å². The van der Waals surface area contributed by atoms with Crippen LogP contribution in [0.1, 0.15) is 27.3 Å². The van der Waals surface area contributed by atoms with Crippen LogP contribution in [0.4, 0.5) is 13.2 Å². The van der Waals surface area contributed by atoms with Crippen LogP contribution in [0.2, 0.25) is 5.02 Å². The summed E-state index contributed by atoms with van der Waals surface area (Å²) in [5.74, 6) is -1.13. The molecule has 3 nitrogen and oxygen atoms in total. The van der Waals surface area contributed by atoms with E-state index in [1.54, 1.807) is 6.92 Å². The highest BCUT2D eigenvalue weighted by Gasteiger charge is 2.31. The Kier molecular flexibility index (Phi) is 3.76. The molecule has 0 aliphatic rings. The first-order valence-corrected chi connectivity index (χ1v) is 6.29. The third kappa shape index (κ3) is 2.90. The van der Waals surface area contributed by atoms with Gasteiger partial charge in [0.1, 0.15) is 0 Å². The standard InChI is InChI=1S/C14H11ClF3NO2/c1-7-3-12(13(20)21)8(2)19(7)11-5-9(14(16,17)18)4-10(15)6-11/h3-6H,1-2H3,(H,20,21). The second-order valence-electron chi connectivity index (χ2n) is 4.62. The molecule has 1 N–H and O–H groups in total. The first-order valence-electron chi connectivity index (χ1n) is 5.91. The molecule has 7 heteroatoms. The molecule has 1 heterocycles. The summed E-state index contributed by atoms with van der Waals surface area (Å²) in [6.45, 7) is 3.15. The van der Waals surface area contributed by atoms with Gasteiger partial charge in [0, 0.05) is 22.1 Å². The van der Waals surface area contributed by atoms with E-state index in [1.807, 2.05) is 0 Å². The largest absolute Gasteiger partial charge is 0.478 e. The van der Waals surface area contributed by atoms with Gasteiger partial charge < -0.3 is 9.67 Å². The lowest BCUT2D eigenvalue weighted by molar-refractivity contribution is -0.137. The summed E-state index contributed by atoms with van der Waals surface area (Å²) in [6, 6.07) is 4.54. The predicted octanol–water partition coefficient (Wildman–Crippen LogP) is 4.46. The van der Waals surface area contributed by atoms with Gasteiger partial charge in [0.25, 0.3) is 0 Å². The Morgan fingerprint density at radius 3 is 2.29 bits per heavy atom. The zero-order valence-corrected chi connectivity index (χ0v) is 11.9. The van der Waals surface area contributed by atoms with Crippen molar-refractivity contribution in [1.82, 2.24) is 4.57 Å². The van der Waals surface area contributed by atoms with Crippen LogP contribution >= 0.6 is 11.6 Å². The number of carboxylic acids is 1. The van der Waals surface area contributed by atoms with Crippen LogP contribution in [0.3, 0.4) is 0 Å². The van der Waals surface area contributed by atoms with E-state index in [9.17, 15) is 18.0 Å². The molecule has 0 unspecified atom stereocenters. The first kappa shape index (κ1) is 15.4. The number of halogens is 4. The van der Waals surface area contributed by atoms with E-state index in [-0.39, 0.29) is 16.3 Å². The molecule has 0 amide bonds. The van der Waals surface area contributed by atoms with E-state index >= 15 is 0 Å². The molecular weight excluding hydrogens is 307 g/mol. The number of aryl methyl sites for hydroxylation is 1. The van der Waals surface area contributed by atoms with E-state index < -0.39 is 17.7 Å². The monoisotopic (exact) mass is 317 g/mol. The molecule has 1 aromatic heterocycles.